The zero-order valence-electron chi connectivity index (χ0n) is 9.71. The van der Waals surface area contributed by atoms with E-state index in [-0.39, 0.29) is 11.6 Å². The van der Waals surface area contributed by atoms with E-state index in [0.29, 0.717) is 11.5 Å². The van der Waals surface area contributed by atoms with Crippen LogP contribution in [0.3, 0.4) is 0 Å². The highest BCUT2D eigenvalue weighted by Gasteiger charge is 2.27. The number of hydrogen-bond acceptors (Lipinski definition) is 5. The second-order valence-electron chi connectivity index (χ2n) is 4.06. The molecule has 1 atom stereocenters. The van der Waals surface area contributed by atoms with Crippen LogP contribution in [-0.4, -0.2) is 14.8 Å². The Morgan fingerprint density at radius 3 is 2.79 bits per heavy atom. The van der Waals surface area contributed by atoms with Crippen LogP contribution in [0.15, 0.2) is 36.2 Å². The first-order valence-corrected chi connectivity index (χ1v) is 5.53. The van der Waals surface area contributed by atoms with Gasteiger partial charge in [0.05, 0.1) is 11.6 Å². The highest BCUT2D eigenvalue weighted by atomic mass is 19.1. The van der Waals surface area contributed by atoms with Crippen molar-refractivity contribution in [1.29, 1.82) is 5.26 Å². The average molecular weight is 256 g/mol. The van der Waals surface area contributed by atoms with Crippen molar-refractivity contribution < 1.29 is 4.39 Å². The molecule has 3 N–H and O–H groups in total. The van der Waals surface area contributed by atoms with Crippen LogP contribution in [0.4, 0.5) is 10.3 Å². The maximum Gasteiger partial charge on any atom is 0.231 e. The lowest BCUT2D eigenvalue weighted by Crippen LogP contribution is -2.26. The van der Waals surface area contributed by atoms with Crippen molar-refractivity contribution in [1.82, 2.24) is 14.8 Å². The highest BCUT2D eigenvalue weighted by Crippen LogP contribution is 2.32. The summed E-state index contributed by atoms with van der Waals surface area (Å²) in [7, 11) is 0. The molecule has 0 amide bonds. The minimum atomic E-state index is -0.456. The van der Waals surface area contributed by atoms with Crippen LogP contribution >= 0.6 is 0 Å². The Labute approximate surface area is 108 Å². The number of rotatable bonds is 1. The van der Waals surface area contributed by atoms with E-state index >= 15 is 0 Å². The van der Waals surface area contributed by atoms with Gasteiger partial charge in [-0.15, -0.1) is 10.2 Å². The largest absolute Gasteiger partial charge is 0.384 e. The van der Waals surface area contributed by atoms with Gasteiger partial charge in [0.25, 0.3) is 0 Å². The molecule has 1 unspecified atom stereocenters. The highest BCUT2D eigenvalue weighted by molar-refractivity contribution is 5.65. The first-order chi connectivity index (χ1) is 9.20. The van der Waals surface area contributed by atoms with Crippen molar-refractivity contribution in [3.63, 3.8) is 0 Å². The summed E-state index contributed by atoms with van der Waals surface area (Å²) in [6.07, 6.45) is 1.43. The van der Waals surface area contributed by atoms with Crippen molar-refractivity contribution in [2.75, 3.05) is 5.32 Å². The summed E-state index contributed by atoms with van der Waals surface area (Å²) in [5.74, 6) is 0.389. The summed E-state index contributed by atoms with van der Waals surface area (Å²) in [5, 5.41) is 19.9. The number of nitrogens with one attached hydrogen (secondary N) is 1. The zero-order chi connectivity index (χ0) is 13.4. The molecule has 0 spiro atoms. The molecule has 3 rings (SSSR count). The summed E-state index contributed by atoms with van der Waals surface area (Å²) in [5.41, 5.74) is 7.01. The Bertz CT molecular complexity index is 694. The lowest BCUT2D eigenvalue weighted by atomic mass is 9.98. The molecule has 0 fully saturated rings. The van der Waals surface area contributed by atoms with Gasteiger partial charge in [0.15, 0.2) is 0 Å². The molecular formula is C12H9FN6. The van der Waals surface area contributed by atoms with Gasteiger partial charge >= 0.3 is 0 Å². The standard InChI is InChI=1S/C12H9FN6/c13-8-3-1-7(2-4-8)10-9(5-14)11(15)19-6-16-18-12(19)17-10/h1-4,6,10H,15H2,(H,17,18). The van der Waals surface area contributed by atoms with E-state index in [4.69, 9.17) is 5.73 Å². The molecule has 0 radical (unpaired) electrons. The zero-order valence-corrected chi connectivity index (χ0v) is 9.71. The number of nitrogens with two attached hydrogens (primary N) is 1. The minimum absolute atomic E-state index is 0.274. The normalized spacial score (nSPS) is 17.6. The van der Waals surface area contributed by atoms with Gasteiger partial charge in [-0.3, -0.25) is 4.57 Å². The molecule has 94 valence electrons. The summed E-state index contributed by atoms with van der Waals surface area (Å²) >= 11 is 0. The maximum atomic E-state index is 13.0. The summed E-state index contributed by atoms with van der Waals surface area (Å²) in [6, 6.07) is 7.48. The molecule has 2 heterocycles. The van der Waals surface area contributed by atoms with Crippen LogP contribution < -0.4 is 11.1 Å². The van der Waals surface area contributed by atoms with Gasteiger partial charge in [-0.25, -0.2) is 4.39 Å². The fraction of sp³-hybridized carbons (Fsp3) is 0.0833. The van der Waals surface area contributed by atoms with Gasteiger partial charge in [0.1, 0.15) is 24.0 Å². The van der Waals surface area contributed by atoms with E-state index < -0.39 is 6.04 Å². The van der Waals surface area contributed by atoms with Crippen molar-refractivity contribution in [2.45, 2.75) is 6.04 Å². The molecule has 19 heavy (non-hydrogen) atoms. The molecule has 0 aliphatic carbocycles. The van der Waals surface area contributed by atoms with Crippen LogP contribution in [0.5, 0.6) is 0 Å². The van der Waals surface area contributed by atoms with E-state index in [0.717, 1.165) is 5.56 Å². The van der Waals surface area contributed by atoms with E-state index in [1.807, 2.05) is 0 Å². The second-order valence-corrected chi connectivity index (χ2v) is 4.06. The van der Waals surface area contributed by atoms with Gasteiger partial charge in [-0.1, -0.05) is 12.1 Å². The Morgan fingerprint density at radius 1 is 1.37 bits per heavy atom. The van der Waals surface area contributed by atoms with Crippen LogP contribution in [-0.2, 0) is 0 Å². The summed E-state index contributed by atoms with van der Waals surface area (Å²) < 4.78 is 14.4. The number of benzene rings is 1. The molecule has 2 aromatic rings. The van der Waals surface area contributed by atoms with Gasteiger partial charge in [-0.05, 0) is 17.7 Å². The van der Waals surface area contributed by atoms with Crippen molar-refractivity contribution >= 4 is 11.8 Å². The molecule has 0 bridgehead atoms. The number of nitriles is 1. The van der Waals surface area contributed by atoms with E-state index in [1.54, 1.807) is 12.1 Å². The van der Waals surface area contributed by atoms with E-state index in [1.165, 1.54) is 23.0 Å². The molecule has 1 aromatic heterocycles. The number of nitrogens with zero attached hydrogens (tertiary/aromatic N) is 4. The monoisotopic (exact) mass is 256 g/mol. The summed E-state index contributed by atoms with van der Waals surface area (Å²) in [4.78, 5) is 0. The third kappa shape index (κ3) is 1.70. The number of anilines is 1. The van der Waals surface area contributed by atoms with Crippen molar-refractivity contribution in [2.24, 2.45) is 5.73 Å². The molecule has 1 aliphatic rings. The first kappa shape index (κ1) is 11.2. The quantitative estimate of drug-likeness (QED) is 0.800. The Hall–Kier alpha value is -2.88. The molecule has 7 heteroatoms. The molecule has 6 nitrogen and oxygen atoms in total. The maximum absolute atomic E-state index is 13.0. The fourth-order valence-corrected chi connectivity index (χ4v) is 2.02. The van der Waals surface area contributed by atoms with E-state index in [9.17, 15) is 9.65 Å². The van der Waals surface area contributed by atoms with Crippen LogP contribution in [0.1, 0.15) is 11.6 Å². The Morgan fingerprint density at radius 2 is 2.11 bits per heavy atom. The van der Waals surface area contributed by atoms with Gasteiger partial charge in [0, 0.05) is 0 Å². The summed E-state index contributed by atoms with van der Waals surface area (Å²) in [6.45, 7) is 0. The predicted octanol–water partition coefficient (Wildman–Crippen LogP) is 1.23. The van der Waals surface area contributed by atoms with Gasteiger partial charge in [0.2, 0.25) is 5.95 Å². The van der Waals surface area contributed by atoms with Crippen LogP contribution in [0, 0.1) is 17.1 Å². The smallest absolute Gasteiger partial charge is 0.231 e. The first-order valence-electron chi connectivity index (χ1n) is 5.53. The number of aromatic nitrogens is 3. The topological polar surface area (TPSA) is 92.5 Å². The number of fused-ring (bicyclic) bond motifs is 1. The van der Waals surface area contributed by atoms with Crippen molar-refractivity contribution in [3.05, 3.63) is 47.5 Å². The third-order valence-corrected chi connectivity index (χ3v) is 2.97. The fourth-order valence-electron chi connectivity index (χ4n) is 2.02. The predicted molar refractivity (Wildman–Crippen MR) is 65.8 cm³/mol. The van der Waals surface area contributed by atoms with E-state index in [2.05, 4.69) is 21.6 Å². The van der Waals surface area contributed by atoms with Crippen LogP contribution in [0.25, 0.3) is 5.82 Å². The lowest BCUT2D eigenvalue weighted by Gasteiger charge is -2.25. The van der Waals surface area contributed by atoms with Gasteiger partial charge in [-0.2, -0.15) is 5.26 Å². The van der Waals surface area contributed by atoms with Crippen molar-refractivity contribution in [3.8, 4) is 6.07 Å². The molecule has 1 aromatic carbocycles. The number of halogens is 1. The Balaban J connectivity index is 2.11. The molecule has 0 saturated carbocycles. The third-order valence-electron chi connectivity index (χ3n) is 2.97. The minimum Gasteiger partial charge on any atom is -0.384 e. The molecule has 1 aliphatic heterocycles. The molecular weight excluding hydrogens is 247 g/mol. The second kappa shape index (κ2) is 4.10. The average Bonchev–Trinajstić information content (AvgIpc) is 2.88. The lowest BCUT2D eigenvalue weighted by molar-refractivity contribution is 0.626. The van der Waals surface area contributed by atoms with Crippen LogP contribution in [0.2, 0.25) is 0 Å². The van der Waals surface area contributed by atoms with Gasteiger partial charge < -0.3 is 11.1 Å². The number of hydrogen-bond donors (Lipinski definition) is 2. The Kier molecular flexibility index (Phi) is 2.42. The SMILES string of the molecule is N#CC1=C(N)n2cnnc2NC1c1ccc(F)cc1. The molecule has 0 saturated heterocycles.